The van der Waals surface area contributed by atoms with Crippen LogP contribution >= 0.6 is 0 Å². The number of allylic oxidation sites excluding steroid dienone is 12. The number of carbonyl (C=O) groups is 3. The molecule has 1 unspecified atom stereocenters. The molecule has 0 saturated carbocycles. The summed E-state index contributed by atoms with van der Waals surface area (Å²) in [5, 5.41) is 0. The van der Waals surface area contributed by atoms with Crippen molar-refractivity contribution in [3.05, 3.63) is 72.9 Å². The summed E-state index contributed by atoms with van der Waals surface area (Å²) in [6.45, 7) is 6.52. The Balaban J connectivity index is 4.42. The smallest absolute Gasteiger partial charge is 0.306 e. The van der Waals surface area contributed by atoms with E-state index in [0.717, 1.165) is 103 Å². The highest BCUT2D eigenvalue weighted by Crippen LogP contribution is 2.16. The Hall–Kier alpha value is -3.15. The van der Waals surface area contributed by atoms with Crippen LogP contribution in [0.1, 0.15) is 297 Å². The molecule has 0 fully saturated rings. The number of esters is 3. The molecule has 0 rings (SSSR count). The Morgan fingerprint density at radius 1 is 0.314 bits per heavy atom. The van der Waals surface area contributed by atoms with Gasteiger partial charge in [-0.05, 0) is 77.0 Å². The maximum absolute atomic E-state index is 12.9. The summed E-state index contributed by atoms with van der Waals surface area (Å²) in [4.78, 5) is 38.2. The molecule has 0 amide bonds. The van der Waals surface area contributed by atoms with Gasteiger partial charge in [0.25, 0.3) is 0 Å². The van der Waals surface area contributed by atoms with Crippen molar-refractivity contribution in [2.24, 2.45) is 0 Å². The Labute approximate surface area is 433 Å². The van der Waals surface area contributed by atoms with Gasteiger partial charge in [0.2, 0.25) is 0 Å². The Morgan fingerprint density at radius 2 is 0.614 bits per heavy atom. The van der Waals surface area contributed by atoms with Gasteiger partial charge in [0.15, 0.2) is 6.10 Å². The van der Waals surface area contributed by atoms with E-state index in [-0.39, 0.29) is 31.1 Å². The Bertz CT molecular complexity index is 1310. The van der Waals surface area contributed by atoms with Gasteiger partial charge in [-0.1, -0.05) is 273 Å². The second-order valence-electron chi connectivity index (χ2n) is 19.9. The van der Waals surface area contributed by atoms with Crippen molar-refractivity contribution in [3.8, 4) is 0 Å². The quantitative estimate of drug-likeness (QED) is 0.0199. The molecule has 0 aliphatic heterocycles. The minimum absolute atomic E-state index is 0.0870. The summed E-state index contributed by atoms with van der Waals surface area (Å²) >= 11 is 0. The fourth-order valence-corrected chi connectivity index (χ4v) is 8.52. The SMILES string of the molecule is CC/C=C\C/C=C\C/C=C\CCCCCCCCC(=O)OCC(COC(=O)CCCCCCC\C=C/C=C\C=C/CCCCCCC)OC(=O)CCCCCCCCCCCCCCCCCCCC. The van der Waals surface area contributed by atoms with Crippen molar-refractivity contribution in [3.63, 3.8) is 0 Å². The van der Waals surface area contributed by atoms with E-state index in [1.165, 1.54) is 154 Å². The standard InChI is InChI=1S/C64H112O6/c1-4-7-10-13-16-19-22-25-28-31-33-36-39-42-45-48-51-54-57-63(66)69-60-61(59-68-62(65)56-53-50-47-44-41-38-35-30-27-24-21-18-15-12-9-6-3)70-64(67)58-55-52-49-46-43-40-37-34-32-29-26-23-20-17-14-11-8-5-2/h9,12,18,21-22,25,27-28,30-31,33,36,61H,4-8,10-11,13-17,19-20,23-24,26,29,32,34-35,37-60H2,1-3H3/b12-9-,21-18-,25-22-,30-27-,31-28-,36-33-. The van der Waals surface area contributed by atoms with E-state index >= 15 is 0 Å². The van der Waals surface area contributed by atoms with E-state index in [1.54, 1.807) is 0 Å². The van der Waals surface area contributed by atoms with Crippen molar-refractivity contribution in [2.45, 2.75) is 303 Å². The van der Waals surface area contributed by atoms with Crippen LogP contribution in [0.5, 0.6) is 0 Å². The van der Waals surface area contributed by atoms with Gasteiger partial charge in [0.05, 0.1) is 0 Å². The first-order valence-corrected chi connectivity index (χ1v) is 30.0. The predicted molar refractivity (Wildman–Crippen MR) is 302 cm³/mol. The fraction of sp³-hybridized carbons (Fsp3) is 0.766. The van der Waals surface area contributed by atoms with Gasteiger partial charge >= 0.3 is 17.9 Å². The topological polar surface area (TPSA) is 78.9 Å². The molecule has 1 atom stereocenters. The number of ether oxygens (including phenoxy) is 3. The molecular weight excluding hydrogens is 865 g/mol. The summed E-state index contributed by atoms with van der Waals surface area (Å²) in [5.41, 5.74) is 0. The second-order valence-corrected chi connectivity index (χ2v) is 19.9. The van der Waals surface area contributed by atoms with E-state index in [1.807, 2.05) is 0 Å². The van der Waals surface area contributed by atoms with Crippen LogP contribution in [0.2, 0.25) is 0 Å². The predicted octanol–water partition coefficient (Wildman–Crippen LogP) is 20.2. The first-order chi connectivity index (χ1) is 34.5. The van der Waals surface area contributed by atoms with Crippen molar-refractivity contribution in [2.75, 3.05) is 13.2 Å². The first-order valence-electron chi connectivity index (χ1n) is 30.0. The zero-order valence-electron chi connectivity index (χ0n) is 46.3. The molecule has 0 spiro atoms. The first kappa shape index (κ1) is 66.9. The lowest BCUT2D eigenvalue weighted by atomic mass is 10.0. The van der Waals surface area contributed by atoms with Gasteiger partial charge in [-0.25, -0.2) is 0 Å². The molecule has 0 heterocycles. The van der Waals surface area contributed by atoms with Gasteiger partial charge in [-0.2, -0.15) is 0 Å². The fourth-order valence-electron chi connectivity index (χ4n) is 8.52. The van der Waals surface area contributed by atoms with Crippen LogP contribution in [0.3, 0.4) is 0 Å². The minimum atomic E-state index is -0.789. The molecule has 0 aromatic rings. The summed E-state index contributed by atoms with van der Waals surface area (Å²) in [6.07, 6.45) is 74.6. The second kappa shape index (κ2) is 58.4. The molecule has 70 heavy (non-hydrogen) atoms. The van der Waals surface area contributed by atoms with Crippen LogP contribution in [0.25, 0.3) is 0 Å². The Kier molecular flexibility index (Phi) is 55.8. The van der Waals surface area contributed by atoms with Gasteiger partial charge in [-0.15, -0.1) is 0 Å². The number of hydrogen-bond donors (Lipinski definition) is 0. The van der Waals surface area contributed by atoms with Gasteiger partial charge in [-0.3, -0.25) is 14.4 Å². The lowest BCUT2D eigenvalue weighted by molar-refractivity contribution is -0.167. The molecule has 0 aliphatic carbocycles. The van der Waals surface area contributed by atoms with E-state index in [2.05, 4.69) is 93.7 Å². The molecule has 0 aromatic heterocycles. The molecular formula is C64H112O6. The normalized spacial score (nSPS) is 12.6. The lowest BCUT2D eigenvalue weighted by Gasteiger charge is -2.18. The van der Waals surface area contributed by atoms with E-state index in [4.69, 9.17) is 14.2 Å². The van der Waals surface area contributed by atoms with Crippen LogP contribution in [0.15, 0.2) is 72.9 Å². The van der Waals surface area contributed by atoms with E-state index in [0.29, 0.717) is 19.3 Å². The van der Waals surface area contributed by atoms with Crippen molar-refractivity contribution in [1.29, 1.82) is 0 Å². The van der Waals surface area contributed by atoms with E-state index < -0.39 is 6.10 Å². The average Bonchev–Trinajstić information content (AvgIpc) is 3.36. The highest BCUT2D eigenvalue weighted by atomic mass is 16.6. The molecule has 0 aliphatic rings. The zero-order chi connectivity index (χ0) is 50.7. The molecule has 6 heteroatoms. The molecule has 0 radical (unpaired) electrons. The highest BCUT2D eigenvalue weighted by Gasteiger charge is 2.19. The van der Waals surface area contributed by atoms with Crippen LogP contribution in [0.4, 0.5) is 0 Å². The monoisotopic (exact) mass is 977 g/mol. The zero-order valence-corrected chi connectivity index (χ0v) is 46.3. The van der Waals surface area contributed by atoms with Gasteiger partial charge < -0.3 is 14.2 Å². The maximum Gasteiger partial charge on any atom is 0.306 e. The molecule has 404 valence electrons. The molecule has 0 aromatic carbocycles. The third kappa shape index (κ3) is 55.8. The lowest BCUT2D eigenvalue weighted by Crippen LogP contribution is -2.30. The summed E-state index contributed by atoms with van der Waals surface area (Å²) < 4.78 is 16.9. The molecule has 0 bridgehead atoms. The number of rotatable bonds is 54. The number of carbonyl (C=O) groups excluding carboxylic acids is 3. The third-order valence-corrected chi connectivity index (χ3v) is 13.0. The number of unbranched alkanes of at least 4 members (excludes halogenated alkanes) is 33. The van der Waals surface area contributed by atoms with E-state index in [9.17, 15) is 14.4 Å². The highest BCUT2D eigenvalue weighted by molar-refractivity contribution is 5.71. The minimum Gasteiger partial charge on any atom is -0.462 e. The Morgan fingerprint density at radius 3 is 0.986 bits per heavy atom. The van der Waals surface area contributed by atoms with Crippen LogP contribution in [-0.2, 0) is 28.6 Å². The average molecular weight is 978 g/mol. The summed E-state index contributed by atoms with van der Waals surface area (Å²) in [5.74, 6) is -0.905. The van der Waals surface area contributed by atoms with Crippen molar-refractivity contribution < 1.29 is 28.6 Å². The van der Waals surface area contributed by atoms with Crippen molar-refractivity contribution >= 4 is 17.9 Å². The third-order valence-electron chi connectivity index (χ3n) is 13.0. The van der Waals surface area contributed by atoms with Crippen LogP contribution in [-0.4, -0.2) is 37.2 Å². The van der Waals surface area contributed by atoms with Crippen molar-refractivity contribution in [1.82, 2.24) is 0 Å². The summed E-state index contributed by atoms with van der Waals surface area (Å²) in [7, 11) is 0. The van der Waals surface area contributed by atoms with Gasteiger partial charge in [0, 0.05) is 19.3 Å². The molecule has 6 nitrogen and oxygen atoms in total. The molecule has 0 N–H and O–H groups in total. The van der Waals surface area contributed by atoms with Crippen LogP contribution < -0.4 is 0 Å². The van der Waals surface area contributed by atoms with Gasteiger partial charge in [0.1, 0.15) is 13.2 Å². The van der Waals surface area contributed by atoms with Crippen LogP contribution in [0, 0.1) is 0 Å². The summed E-state index contributed by atoms with van der Waals surface area (Å²) in [6, 6.07) is 0. The largest absolute Gasteiger partial charge is 0.462 e. The molecule has 0 saturated heterocycles. The number of hydrogen-bond acceptors (Lipinski definition) is 6. The maximum atomic E-state index is 12.9.